The van der Waals surface area contributed by atoms with Gasteiger partial charge >= 0.3 is 6.09 Å². The van der Waals surface area contributed by atoms with E-state index in [9.17, 15) is 41.2 Å². The first-order chi connectivity index (χ1) is 27.0. The lowest BCUT2D eigenvalue weighted by atomic mass is 9.85. The maximum atomic E-state index is 14.7. The summed E-state index contributed by atoms with van der Waals surface area (Å²) in [6, 6.07) is 4.19. The number of fused-ring (bicyclic) bond motifs is 7. The lowest BCUT2D eigenvalue weighted by Crippen LogP contribution is -2.60. The molecule has 4 saturated carbocycles. The quantitative estimate of drug-likeness (QED) is 0.390. The van der Waals surface area contributed by atoms with E-state index in [0.29, 0.717) is 42.0 Å². The van der Waals surface area contributed by atoms with Gasteiger partial charge in [0, 0.05) is 13.0 Å². The van der Waals surface area contributed by atoms with Crippen molar-refractivity contribution in [1.29, 1.82) is 0 Å². The minimum atomic E-state index is -4.15. The number of alkyl halides is 2. The number of alkyl carbamates (subject to hydrolysis) is 1. The van der Waals surface area contributed by atoms with Gasteiger partial charge in [-0.3, -0.25) is 28.5 Å². The summed E-state index contributed by atoms with van der Waals surface area (Å²) >= 11 is 0. The zero-order chi connectivity index (χ0) is 40.6. The second kappa shape index (κ2) is 14.5. The van der Waals surface area contributed by atoms with Gasteiger partial charge in [0.05, 0.1) is 28.6 Å². The molecule has 3 N–H and O–H groups in total. The van der Waals surface area contributed by atoms with Crippen molar-refractivity contribution in [3.63, 3.8) is 0 Å². The minimum absolute atomic E-state index is 0.00915. The molecule has 0 radical (unpaired) electrons. The number of rotatable bonds is 6. The van der Waals surface area contributed by atoms with Gasteiger partial charge in [-0.1, -0.05) is 45.7 Å². The van der Waals surface area contributed by atoms with Gasteiger partial charge in [-0.05, 0) is 80.2 Å². The van der Waals surface area contributed by atoms with Gasteiger partial charge in [0.1, 0.15) is 29.8 Å². The van der Waals surface area contributed by atoms with Crippen molar-refractivity contribution < 1.29 is 45.9 Å². The Morgan fingerprint density at radius 3 is 2.46 bits per heavy atom. The van der Waals surface area contributed by atoms with E-state index in [1.807, 2.05) is 4.72 Å². The van der Waals surface area contributed by atoms with Crippen LogP contribution in [0.4, 0.5) is 13.6 Å². The summed E-state index contributed by atoms with van der Waals surface area (Å²) in [5, 5.41) is 4.77. The molecule has 2 aliphatic heterocycles. The third kappa shape index (κ3) is 7.69. The van der Waals surface area contributed by atoms with Crippen LogP contribution in [0.15, 0.2) is 29.1 Å². The summed E-state index contributed by atoms with van der Waals surface area (Å²) in [5.41, 5.74) is -3.08. The molecule has 310 valence electrons. The number of ether oxygens (including phenoxy) is 2. The number of hydrogen-bond acceptors (Lipinski definition) is 10. The number of amides is 4. The van der Waals surface area contributed by atoms with E-state index in [4.69, 9.17) is 9.47 Å². The van der Waals surface area contributed by atoms with Crippen molar-refractivity contribution in [3.05, 3.63) is 34.6 Å². The molecule has 2 bridgehead atoms. The topological polar surface area (TPSA) is 195 Å². The maximum absolute atomic E-state index is 14.7. The predicted octanol–water partition coefficient (Wildman–Crippen LogP) is 3.23. The van der Waals surface area contributed by atoms with Crippen molar-refractivity contribution in [2.45, 2.75) is 133 Å². The van der Waals surface area contributed by atoms with Gasteiger partial charge in [-0.25, -0.2) is 22.0 Å². The van der Waals surface area contributed by atoms with Gasteiger partial charge in [0.25, 0.3) is 17.5 Å². The number of carbonyl (C=O) groups is 4. The second-order valence-electron chi connectivity index (χ2n) is 17.9. The molecular weight excluding hydrogens is 767 g/mol. The number of carbonyl (C=O) groups excluding carboxylic acids is 4. The van der Waals surface area contributed by atoms with Crippen LogP contribution in [-0.2, 0) is 35.7 Å². The number of benzene rings is 1. The van der Waals surface area contributed by atoms with Crippen LogP contribution < -0.4 is 25.7 Å². The molecule has 1 aromatic heterocycles. The van der Waals surface area contributed by atoms with Gasteiger partial charge in [-0.15, -0.1) is 0 Å². The summed E-state index contributed by atoms with van der Waals surface area (Å²) < 4.78 is 69.5. The van der Waals surface area contributed by atoms with Gasteiger partial charge in [0.15, 0.2) is 0 Å². The Hall–Kier alpha value is -4.35. The summed E-state index contributed by atoms with van der Waals surface area (Å²) in [6.07, 6.45) is -0.221. The molecular formula is C39H50F2N6O9S. The van der Waals surface area contributed by atoms with Crippen LogP contribution in [-0.4, -0.2) is 94.7 Å². The minimum Gasteiger partial charge on any atom is -0.459 e. The fraction of sp³-hybridized carbons (Fsp3) is 0.692. The number of nitrogens with one attached hydrogen (secondary N) is 3. The lowest BCUT2D eigenvalue weighted by molar-refractivity contribution is -0.143. The summed E-state index contributed by atoms with van der Waals surface area (Å²) in [4.78, 5) is 75.8. The van der Waals surface area contributed by atoms with Crippen molar-refractivity contribution in [1.82, 2.24) is 29.8 Å². The monoisotopic (exact) mass is 816 g/mol. The second-order valence-corrected chi connectivity index (χ2v) is 19.9. The predicted molar refractivity (Wildman–Crippen MR) is 200 cm³/mol. The fourth-order valence-corrected chi connectivity index (χ4v) is 10.6. The number of sulfonamides is 1. The third-order valence-electron chi connectivity index (χ3n) is 12.8. The zero-order valence-electron chi connectivity index (χ0n) is 32.2. The van der Waals surface area contributed by atoms with Crippen molar-refractivity contribution in [3.8, 4) is 6.01 Å². The highest BCUT2D eigenvalue weighted by molar-refractivity contribution is 7.91. The molecule has 8 rings (SSSR count). The Bertz CT molecular complexity index is 2140. The number of halogens is 2. The maximum Gasteiger partial charge on any atom is 0.408 e. The molecule has 57 heavy (non-hydrogen) atoms. The van der Waals surface area contributed by atoms with Crippen LogP contribution in [0.3, 0.4) is 0 Å². The third-order valence-corrected chi connectivity index (χ3v) is 14.6. The molecule has 4 amide bonds. The average molecular weight is 817 g/mol. The van der Waals surface area contributed by atoms with Gasteiger partial charge < -0.3 is 25.0 Å². The molecule has 0 spiro atoms. The molecule has 6 aliphatic rings. The van der Waals surface area contributed by atoms with Crippen LogP contribution in [0.2, 0.25) is 0 Å². The van der Waals surface area contributed by atoms with E-state index in [2.05, 4.69) is 15.6 Å². The molecule has 3 heterocycles. The van der Waals surface area contributed by atoms with Crippen LogP contribution in [0, 0.1) is 29.1 Å². The Labute approximate surface area is 329 Å². The Balaban J connectivity index is 1.13. The van der Waals surface area contributed by atoms with E-state index in [-0.39, 0.29) is 43.1 Å². The highest BCUT2D eigenvalue weighted by atomic mass is 32.2. The molecule has 1 unspecified atom stereocenters. The molecule has 15 nitrogen and oxygen atoms in total. The van der Waals surface area contributed by atoms with Crippen LogP contribution in [0.25, 0.3) is 10.9 Å². The fourth-order valence-electron chi connectivity index (χ4n) is 9.28. The first-order valence-corrected chi connectivity index (χ1v) is 21.6. The first kappa shape index (κ1) is 39.5. The number of nitrogens with zero attached hydrogens (tertiary/aromatic N) is 3. The van der Waals surface area contributed by atoms with Crippen molar-refractivity contribution in [2.75, 3.05) is 6.54 Å². The van der Waals surface area contributed by atoms with E-state index >= 15 is 0 Å². The highest BCUT2D eigenvalue weighted by Crippen LogP contribution is 2.58. The van der Waals surface area contributed by atoms with E-state index in [0.717, 1.165) is 32.1 Å². The number of para-hydroxylation sites is 1. The van der Waals surface area contributed by atoms with E-state index < -0.39 is 87.0 Å². The number of hydrogen-bond donors (Lipinski definition) is 3. The largest absolute Gasteiger partial charge is 0.459 e. The van der Waals surface area contributed by atoms with E-state index in [1.165, 1.54) is 9.47 Å². The zero-order valence-corrected chi connectivity index (χ0v) is 33.1. The first-order valence-electron chi connectivity index (χ1n) is 20.1. The average Bonchev–Trinajstić information content (AvgIpc) is 4.08. The molecule has 5 fully saturated rings. The van der Waals surface area contributed by atoms with Crippen LogP contribution in [0.5, 0.6) is 6.01 Å². The van der Waals surface area contributed by atoms with Crippen LogP contribution in [0.1, 0.15) is 85.0 Å². The molecule has 18 heteroatoms. The summed E-state index contributed by atoms with van der Waals surface area (Å²) in [5.74, 6) is -3.47. The van der Waals surface area contributed by atoms with Crippen LogP contribution >= 0.6 is 0 Å². The smallest absolute Gasteiger partial charge is 0.408 e. The lowest BCUT2D eigenvalue weighted by Gasteiger charge is -2.36. The molecule has 1 saturated heterocycles. The molecule has 4 aliphatic carbocycles. The van der Waals surface area contributed by atoms with Crippen molar-refractivity contribution in [2.24, 2.45) is 29.1 Å². The Morgan fingerprint density at radius 2 is 1.75 bits per heavy atom. The van der Waals surface area contributed by atoms with Gasteiger partial charge in [-0.2, -0.15) is 4.98 Å². The highest BCUT2D eigenvalue weighted by Gasteiger charge is 2.67. The molecule has 1 aromatic carbocycles. The molecule has 9 atom stereocenters. The Kier molecular flexibility index (Phi) is 10.0. The number of aromatic nitrogens is 2. The van der Waals surface area contributed by atoms with Crippen molar-refractivity contribution >= 4 is 44.7 Å². The summed E-state index contributed by atoms with van der Waals surface area (Å²) in [7, 11) is -4.15. The van der Waals surface area contributed by atoms with Gasteiger partial charge in [0.2, 0.25) is 28.3 Å². The normalized spacial score (nSPS) is 33.1. The SMILES string of the molecule is CC(C)(C)[C@@H]1NC(=O)O[C@@H]2CC3C[C@@H]3[C@H]2CCCCCn2c(nc3ccccc3c2=O)O[C@@H]2C[C@@H](C(=O)N[C@]3(C(=O)NS(=O)(=O)C4CC4)C[C@H]3C(F)F)N(C2)C1=O. The van der Waals surface area contributed by atoms with E-state index in [1.54, 1.807) is 45.0 Å². The Morgan fingerprint density at radius 1 is 1.00 bits per heavy atom. The summed E-state index contributed by atoms with van der Waals surface area (Å²) in [6.45, 7) is 5.27. The standard InChI is InChI=1S/C39H50F2N6O9S/c1-38(2,3)30-34(50)47-19-21(17-28(47)32(48)44-39(18-26(39)31(40)41)35(51)45-57(53,54)22-12-13-22)55-36-42-27-11-7-6-10-24(27)33(49)46(36)14-8-4-5-9-23-25-15-20(25)16-29(23)56-37(52)43-30/h6-7,10-11,20-23,25-26,28-31H,4-5,8-9,12-19H2,1-3H3,(H,43,52)(H,44,48)(H,45,51)/t20?,21-,23-,25+,26+,28+,29-,30-,39-/m1/s1. The molecule has 2 aromatic rings.